The molecule has 14 aromatic carbocycles. The normalized spacial score (nSPS) is 13.8. The van der Waals surface area contributed by atoms with Gasteiger partial charge in [-0.15, -0.1) is 0 Å². The van der Waals surface area contributed by atoms with Crippen LogP contribution in [0.4, 0.5) is 34.1 Å². The summed E-state index contributed by atoms with van der Waals surface area (Å²) in [7, 11) is 0. The van der Waals surface area contributed by atoms with E-state index in [9.17, 15) is 0 Å². The van der Waals surface area contributed by atoms with Crippen molar-refractivity contribution in [3.8, 4) is 33.9 Å². The topological polar surface area (TPSA) is 26.2 Å². The molecule has 614 valence electrons. The highest BCUT2D eigenvalue weighted by Gasteiger charge is 2.46. The number of hydrogen-bond acceptors (Lipinski definition) is 2. The molecule has 7 heteroatoms. The van der Waals surface area contributed by atoms with Gasteiger partial charge in [0.05, 0.1) is 66.9 Å². The molecule has 0 unspecified atom stereocenters. The van der Waals surface area contributed by atoms with E-state index in [4.69, 9.17) is 0 Å². The van der Waals surface area contributed by atoms with Gasteiger partial charge in [0.1, 0.15) is 0 Å². The van der Waals surface area contributed by atoms with E-state index >= 15 is 0 Å². The minimum Gasteiger partial charge on any atom is -0.309 e. The number of hydrogen-bond donors (Lipinski definition) is 0. The number of rotatable bonds is 7. The van der Waals surface area contributed by atoms with Crippen LogP contribution in [0.25, 0.3) is 121 Å². The van der Waals surface area contributed by atoms with Crippen molar-refractivity contribution < 1.29 is 0 Å². The SMILES string of the molecule is CC(C)(C)c1ccc2c(c1)c1cc(C(C)(C)C)ccc1n2-c1ccc2c(c1)N(c1ccccc1-n1c3ccc(C(C)(C)C)cc3c3cc(C(C)(C)C)ccc31)c1cc(-c3ccccc3)cc3c1B2c1ccc(-n2c4ccc(C(C)(C)C)cc4c4cc(C(C)(C)C)ccc42)cc1N3c1ccccc1-n1c2ccc(C(C)(C)C)cc2c2cc(C(C)(C)C)ccc21. The molecule has 123 heavy (non-hydrogen) atoms. The summed E-state index contributed by atoms with van der Waals surface area (Å²) < 4.78 is 10.3. The van der Waals surface area contributed by atoms with E-state index in [1.807, 2.05) is 0 Å². The van der Waals surface area contributed by atoms with E-state index in [1.54, 1.807) is 0 Å². The zero-order valence-corrected chi connectivity index (χ0v) is 76.7. The third-order valence-electron chi connectivity index (χ3n) is 27.4. The van der Waals surface area contributed by atoms with Crippen LogP contribution < -0.4 is 26.2 Å². The summed E-state index contributed by atoms with van der Waals surface area (Å²) >= 11 is 0. The molecule has 6 heterocycles. The van der Waals surface area contributed by atoms with Gasteiger partial charge in [0, 0.05) is 77.2 Å². The first-order chi connectivity index (χ1) is 58.1. The molecule has 0 spiro atoms. The van der Waals surface area contributed by atoms with Crippen LogP contribution in [-0.4, -0.2) is 25.0 Å². The molecule has 0 aliphatic carbocycles. The standard InChI is InChI=1S/C116H117BN6/c1-109(2,3)72-38-50-92-82(60-72)83-61-73(110(4,5)6)39-51-93(83)118(92)80-46-48-90-104(68-80)122(102-36-30-28-34-100(102)120-96-54-42-76(113(13,14)15)64-86(96)87-65-77(114(16,17)18)43-55-97(87)120)106-58-71(70-32-26-25-27-33-70)59-107-108(106)117(90)91-49-47-81(119-94-52-40-74(111(7,8)9)62-84(94)85-63-75(112(10,11)12)41-53-95(85)119)69-105(91)123(107)103-37-31-29-35-101(103)121-98-56-44-78(115(19,20)21)66-88(98)89-67-79(116(22,23)24)45-57-99(89)121/h25-69H,1-24H3. The average molecular weight is 1610 g/mol. The van der Waals surface area contributed by atoms with Crippen molar-refractivity contribution in [3.63, 3.8) is 0 Å². The van der Waals surface area contributed by atoms with Crippen molar-refractivity contribution in [2.45, 2.75) is 209 Å². The largest absolute Gasteiger partial charge is 0.309 e. The maximum absolute atomic E-state index is 2.70. The van der Waals surface area contributed by atoms with E-state index < -0.39 is 0 Å². The molecule has 0 saturated heterocycles. The molecule has 2 aliphatic rings. The summed E-state index contributed by atoms with van der Waals surface area (Å²) in [5, 5.41) is 10.0. The summed E-state index contributed by atoms with van der Waals surface area (Å²) in [4.78, 5) is 5.41. The second-order valence-electron chi connectivity index (χ2n) is 44.1. The van der Waals surface area contributed by atoms with Crippen molar-refractivity contribution in [1.29, 1.82) is 0 Å². The summed E-state index contributed by atoms with van der Waals surface area (Å²) in [5.41, 5.74) is 36.3. The highest BCUT2D eigenvalue weighted by Crippen LogP contribution is 2.53. The van der Waals surface area contributed by atoms with Crippen LogP contribution in [0.5, 0.6) is 0 Å². The maximum Gasteiger partial charge on any atom is 0.252 e. The van der Waals surface area contributed by atoms with Crippen LogP contribution in [0.2, 0.25) is 0 Å². The number of anilines is 6. The van der Waals surface area contributed by atoms with Gasteiger partial charge < -0.3 is 28.1 Å². The summed E-state index contributed by atoms with van der Waals surface area (Å²) in [6.45, 7) is 56.0. The first-order valence-corrected chi connectivity index (χ1v) is 44.7. The molecular formula is C116H117BN6. The summed E-state index contributed by atoms with van der Waals surface area (Å²) in [6.07, 6.45) is 0. The van der Waals surface area contributed by atoms with Crippen LogP contribution in [0.3, 0.4) is 0 Å². The van der Waals surface area contributed by atoms with Gasteiger partial charge in [0.25, 0.3) is 6.71 Å². The minimum absolute atomic E-state index is 0.0720. The summed E-state index contributed by atoms with van der Waals surface area (Å²) in [6, 6.07) is 108. The third kappa shape index (κ3) is 12.8. The van der Waals surface area contributed by atoms with Crippen LogP contribution in [0.15, 0.2) is 273 Å². The molecule has 0 saturated carbocycles. The van der Waals surface area contributed by atoms with Gasteiger partial charge in [0.15, 0.2) is 0 Å². The fourth-order valence-electron chi connectivity index (χ4n) is 20.1. The molecule has 0 radical (unpaired) electrons. The average Bonchev–Trinajstić information content (AvgIpc) is 1.28. The fourth-order valence-corrected chi connectivity index (χ4v) is 20.1. The van der Waals surface area contributed by atoms with Crippen LogP contribution in [-0.2, 0) is 43.3 Å². The minimum atomic E-state index is -0.275. The van der Waals surface area contributed by atoms with E-state index in [-0.39, 0.29) is 50.0 Å². The van der Waals surface area contributed by atoms with Crippen LogP contribution in [0.1, 0.15) is 211 Å². The number of nitrogens with zero attached hydrogens (tertiary/aromatic N) is 6. The molecule has 4 aromatic heterocycles. The van der Waals surface area contributed by atoms with E-state index in [0.29, 0.717) is 0 Å². The number of fused-ring (bicyclic) bond motifs is 16. The van der Waals surface area contributed by atoms with Crippen molar-refractivity contribution >= 4 is 144 Å². The van der Waals surface area contributed by atoms with Crippen molar-refractivity contribution in [1.82, 2.24) is 18.3 Å². The van der Waals surface area contributed by atoms with Gasteiger partial charge >= 0.3 is 0 Å². The smallest absolute Gasteiger partial charge is 0.252 e. The fraction of sp³-hybridized carbons (Fsp3) is 0.276. The Morgan fingerprint density at radius 3 is 0.650 bits per heavy atom. The molecule has 0 atom stereocenters. The zero-order valence-electron chi connectivity index (χ0n) is 76.7. The molecule has 0 fully saturated rings. The predicted octanol–water partition coefficient (Wildman–Crippen LogP) is 30.2. The van der Waals surface area contributed by atoms with Crippen LogP contribution in [0, 0.1) is 0 Å². The van der Waals surface area contributed by atoms with Gasteiger partial charge in [-0.05, 0) is 273 Å². The lowest BCUT2D eigenvalue weighted by Gasteiger charge is -2.45. The molecule has 6 nitrogen and oxygen atoms in total. The Balaban J connectivity index is 0.938. The quantitative estimate of drug-likeness (QED) is 0.149. The molecule has 18 aromatic rings. The molecule has 0 amide bonds. The lowest BCUT2D eigenvalue weighted by atomic mass is 9.33. The molecular weight excluding hydrogens is 1490 g/mol. The maximum atomic E-state index is 2.70. The molecule has 2 aliphatic heterocycles. The highest BCUT2D eigenvalue weighted by molar-refractivity contribution is 7.00. The predicted molar refractivity (Wildman–Crippen MR) is 533 cm³/mol. The lowest BCUT2D eigenvalue weighted by molar-refractivity contribution is 0.590. The van der Waals surface area contributed by atoms with Crippen molar-refractivity contribution in [2.24, 2.45) is 0 Å². The van der Waals surface area contributed by atoms with E-state index in [2.05, 4.69) is 467 Å². The Morgan fingerprint density at radius 2 is 0.407 bits per heavy atom. The monoisotopic (exact) mass is 1600 g/mol. The zero-order chi connectivity index (χ0) is 86.4. The van der Waals surface area contributed by atoms with Gasteiger partial charge in [-0.25, -0.2) is 0 Å². The molecule has 20 rings (SSSR count). The van der Waals surface area contributed by atoms with Crippen molar-refractivity contribution in [3.05, 3.63) is 317 Å². The Morgan fingerprint density at radius 1 is 0.179 bits per heavy atom. The number of aromatic nitrogens is 4. The van der Waals surface area contributed by atoms with Crippen molar-refractivity contribution in [2.75, 3.05) is 9.80 Å². The Kier molecular flexibility index (Phi) is 17.6. The molecule has 0 bridgehead atoms. The van der Waals surface area contributed by atoms with Gasteiger partial charge in [-0.1, -0.05) is 281 Å². The first kappa shape index (κ1) is 79.4. The highest BCUT2D eigenvalue weighted by atomic mass is 15.2. The van der Waals surface area contributed by atoms with Crippen LogP contribution >= 0.6 is 0 Å². The third-order valence-corrected chi connectivity index (χ3v) is 27.4. The number of benzene rings is 14. The van der Waals surface area contributed by atoms with E-state index in [1.165, 1.54) is 148 Å². The first-order valence-electron chi connectivity index (χ1n) is 44.7. The Bertz CT molecular complexity index is 6740. The van der Waals surface area contributed by atoms with Gasteiger partial charge in [-0.2, -0.15) is 0 Å². The molecule has 0 N–H and O–H groups in total. The van der Waals surface area contributed by atoms with E-state index in [0.717, 1.165) is 68.0 Å². The number of para-hydroxylation sites is 4. The second-order valence-corrected chi connectivity index (χ2v) is 44.1. The second kappa shape index (κ2) is 27.2. The van der Waals surface area contributed by atoms with Gasteiger partial charge in [0.2, 0.25) is 0 Å². The Hall–Kier alpha value is -12.1. The lowest BCUT2D eigenvalue weighted by Crippen LogP contribution is -2.61. The summed E-state index contributed by atoms with van der Waals surface area (Å²) in [5.74, 6) is 0. The van der Waals surface area contributed by atoms with Gasteiger partial charge in [-0.3, -0.25) is 0 Å². The Labute approximate surface area is 728 Å².